The molecule has 3 rings (SSSR count). The number of rotatable bonds is 1. The Bertz CT molecular complexity index is 680. The van der Waals surface area contributed by atoms with Crippen LogP contribution in [0.2, 0.25) is 0 Å². The monoisotopic (exact) mass is 274 g/mol. The largest absolute Gasteiger partial charge is 0.399 e. The number of hydrogen-bond donors (Lipinski definition) is 1. The van der Waals surface area contributed by atoms with Crippen molar-refractivity contribution < 1.29 is 13.6 Å². The van der Waals surface area contributed by atoms with Gasteiger partial charge in [0.25, 0.3) is 5.91 Å². The van der Waals surface area contributed by atoms with E-state index in [0.717, 1.165) is 17.7 Å². The second-order valence-corrected chi connectivity index (χ2v) is 4.75. The van der Waals surface area contributed by atoms with E-state index in [9.17, 15) is 13.6 Å². The van der Waals surface area contributed by atoms with Crippen molar-refractivity contribution in [1.82, 2.24) is 0 Å². The van der Waals surface area contributed by atoms with Gasteiger partial charge >= 0.3 is 0 Å². The summed E-state index contributed by atoms with van der Waals surface area (Å²) in [6.07, 6.45) is 0.659. The lowest BCUT2D eigenvalue weighted by molar-refractivity contribution is 0.0989. The van der Waals surface area contributed by atoms with Gasteiger partial charge in [-0.3, -0.25) is 4.79 Å². The van der Waals surface area contributed by atoms with Gasteiger partial charge in [-0.05, 0) is 42.3 Å². The molecule has 0 unspecified atom stereocenters. The van der Waals surface area contributed by atoms with Gasteiger partial charge in [-0.2, -0.15) is 0 Å². The Morgan fingerprint density at radius 3 is 2.65 bits per heavy atom. The highest BCUT2D eigenvalue weighted by Gasteiger charge is 2.26. The molecule has 0 fully saturated rings. The average Bonchev–Trinajstić information content (AvgIpc) is 2.79. The number of halogens is 2. The van der Waals surface area contributed by atoms with E-state index in [2.05, 4.69) is 0 Å². The molecule has 2 N–H and O–H groups in total. The summed E-state index contributed by atoms with van der Waals surface area (Å²) in [5.74, 6) is -1.34. The minimum atomic E-state index is -0.563. The van der Waals surface area contributed by atoms with Crippen LogP contribution < -0.4 is 10.6 Å². The van der Waals surface area contributed by atoms with Crippen LogP contribution in [0.5, 0.6) is 0 Å². The van der Waals surface area contributed by atoms with Crippen LogP contribution >= 0.6 is 0 Å². The molecule has 0 spiro atoms. The molecule has 0 aliphatic carbocycles. The first kappa shape index (κ1) is 12.6. The van der Waals surface area contributed by atoms with Crippen molar-refractivity contribution in [3.05, 3.63) is 59.2 Å². The molecule has 5 heteroatoms. The molecule has 0 radical (unpaired) electrons. The Labute approximate surface area is 114 Å². The fraction of sp³-hybridized carbons (Fsp3) is 0.133. The number of carbonyl (C=O) groups is 1. The Morgan fingerprint density at radius 2 is 1.90 bits per heavy atom. The highest BCUT2D eigenvalue weighted by molar-refractivity contribution is 6.07. The minimum Gasteiger partial charge on any atom is -0.399 e. The van der Waals surface area contributed by atoms with Gasteiger partial charge in [0, 0.05) is 17.8 Å². The van der Waals surface area contributed by atoms with Crippen LogP contribution in [-0.4, -0.2) is 12.5 Å². The minimum absolute atomic E-state index is 0.166. The molecular weight excluding hydrogens is 262 g/mol. The maximum absolute atomic E-state index is 13.3. The molecule has 0 bridgehead atoms. The van der Waals surface area contributed by atoms with Gasteiger partial charge in [-0.15, -0.1) is 0 Å². The summed E-state index contributed by atoms with van der Waals surface area (Å²) in [5, 5.41) is 0. The SMILES string of the molecule is Nc1cc(F)cc(C(=O)N2CCc3ccc(F)cc32)c1. The molecule has 0 aromatic heterocycles. The zero-order chi connectivity index (χ0) is 14.3. The third-order valence-corrected chi connectivity index (χ3v) is 3.36. The van der Waals surface area contributed by atoms with Gasteiger partial charge < -0.3 is 10.6 Å². The molecule has 2 aromatic rings. The lowest BCUT2D eigenvalue weighted by atomic mass is 10.1. The Morgan fingerprint density at radius 1 is 1.10 bits per heavy atom. The smallest absolute Gasteiger partial charge is 0.258 e. The maximum atomic E-state index is 13.3. The van der Waals surface area contributed by atoms with Crippen molar-refractivity contribution >= 4 is 17.3 Å². The lowest BCUT2D eigenvalue weighted by Gasteiger charge is -2.17. The number of hydrogen-bond acceptors (Lipinski definition) is 2. The number of nitrogen functional groups attached to an aromatic ring is 1. The number of amides is 1. The third-order valence-electron chi connectivity index (χ3n) is 3.36. The highest BCUT2D eigenvalue weighted by Crippen LogP contribution is 2.30. The molecule has 1 amide bonds. The zero-order valence-corrected chi connectivity index (χ0v) is 10.6. The van der Waals surface area contributed by atoms with Crippen LogP contribution in [0.25, 0.3) is 0 Å². The van der Waals surface area contributed by atoms with Gasteiger partial charge in [0.05, 0.1) is 5.69 Å². The van der Waals surface area contributed by atoms with E-state index in [1.807, 2.05) is 0 Å². The van der Waals surface area contributed by atoms with E-state index < -0.39 is 11.6 Å². The van der Waals surface area contributed by atoms with Crippen LogP contribution in [0, 0.1) is 11.6 Å². The van der Waals surface area contributed by atoms with Crippen LogP contribution in [0.1, 0.15) is 15.9 Å². The molecule has 1 aliphatic heterocycles. The first-order chi connectivity index (χ1) is 9.54. The Balaban J connectivity index is 1.99. The molecule has 0 atom stereocenters. The Kier molecular flexibility index (Phi) is 2.89. The topological polar surface area (TPSA) is 46.3 Å². The predicted molar refractivity (Wildman–Crippen MR) is 72.6 cm³/mol. The van der Waals surface area contributed by atoms with E-state index in [-0.39, 0.29) is 17.2 Å². The number of nitrogens with two attached hydrogens (primary N) is 1. The van der Waals surface area contributed by atoms with Crippen LogP contribution in [0.3, 0.4) is 0 Å². The van der Waals surface area contributed by atoms with Crippen LogP contribution in [-0.2, 0) is 6.42 Å². The quantitative estimate of drug-likeness (QED) is 0.813. The van der Waals surface area contributed by atoms with Gasteiger partial charge in [0.15, 0.2) is 0 Å². The van der Waals surface area contributed by atoms with Gasteiger partial charge in [0.2, 0.25) is 0 Å². The van der Waals surface area contributed by atoms with Crippen molar-refractivity contribution in [1.29, 1.82) is 0 Å². The maximum Gasteiger partial charge on any atom is 0.258 e. The lowest BCUT2D eigenvalue weighted by Crippen LogP contribution is -2.29. The summed E-state index contributed by atoms with van der Waals surface area (Å²) < 4.78 is 26.6. The number of nitrogens with zero attached hydrogens (tertiary/aromatic N) is 1. The molecular formula is C15H12F2N2O. The summed E-state index contributed by atoms with van der Waals surface area (Å²) in [7, 11) is 0. The van der Waals surface area contributed by atoms with Crippen LogP contribution in [0.4, 0.5) is 20.2 Å². The van der Waals surface area contributed by atoms with E-state index >= 15 is 0 Å². The number of benzene rings is 2. The molecule has 102 valence electrons. The van der Waals surface area contributed by atoms with Crippen molar-refractivity contribution in [2.45, 2.75) is 6.42 Å². The first-order valence-corrected chi connectivity index (χ1v) is 6.21. The summed E-state index contributed by atoms with van der Waals surface area (Å²) in [4.78, 5) is 13.9. The number of fused-ring (bicyclic) bond motifs is 1. The molecule has 0 saturated carbocycles. The van der Waals surface area contributed by atoms with E-state index in [1.165, 1.54) is 23.1 Å². The normalized spacial score (nSPS) is 13.4. The van der Waals surface area contributed by atoms with Crippen molar-refractivity contribution in [2.24, 2.45) is 0 Å². The van der Waals surface area contributed by atoms with Gasteiger partial charge in [0.1, 0.15) is 11.6 Å². The molecule has 1 heterocycles. The molecule has 0 saturated heterocycles. The first-order valence-electron chi connectivity index (χ1n) is 6.21. The molecule has 3 nitrogen and oxygen atoms in total. The third kappa shape index (κ3) is 2.11. The van der Waals surface area contributed by atoms with E-state index in [1.54, 1.807) is 6.07 Å². The number of carbonyl (C=O) groups excluding carboxylic acids is 1. The van der Waals surface area contributed by atoms with Gasteiger partial charge in [-0.25, -0.2) is 8.78 Å². The average molecular weight is 274 g/mol. The molecule has 2 aromatic carbocycles. The Hall–Kier alpha value is -2.43. The summed E-state index contributed by atoms with van der Waals surface area (Å²) >= 11 is 0. The molecule has 1 aliphatic rings. The van der Waals surface area contributed by atoms with Crippen molar-refractivity contribution in [3.63, 3.8) is 0 Å². The fourth-order valence-corrected chi connectivity index (χ4v) is 2.45. The van der Waals surface area contributed by atoms with E-state index in [4.69, 9.17) is 5.73 Å². The second kappa shape index (κ2) is 4.59. The summed E-state index contributed by atoms with van der Waals surface area (Å²) in [5.41, 5.74) is 7.34. The van der Waals surface area contributed by atoms with Crippen LogP contribution in [0.15, 0.2) is 36.4 Å². The highest BCUT2D eigenvalue weighted by atomic mass is 19.1. The molecule has 20 heavy (non-hydrogen) atoms. The second-order valence-electron chi connectivity index (χ2n) is 4.75. The standard InChI is InChI=1S/C15H12F2N2O/c16-11-2-1-9-3-4-19(14(9)8-11)15(20)10-5-12(17)7-13(18)6-10/h1-2,5-8H,3-4,18H2. The summed E-state index contributed by atoms with van der Waals surface area (Å²) in [6, 6.07) is 8.06. The summed E-state index contributed by atoms with van der Waals surface area (Å²) in [6.45, 7) is 0.452. The van der Waals surface area contributed by atoms with Gasteiger partial charge in [-0.1, -0.05) is 6.07 Å². The van der Waals surface area contributed by atoms with E-state index in [0.29, 0.717) is 18.7 Å². The fourth-order valence-electron chi connectivity index (χ4n) is 2.45. The zero-order valence-electron chi connectivity index (χ0n) is 10.6. The van der Waals surface area contributed by atoms with Crippen molar-refractivity contribution in [3.8, 4) is 0 Å². The predicted octanol–water partition coefficient (Wildman–Crippen LogP) is 2.75. The number of anilines is 2. The van der Waals surface area contributed by atoms with Crippen molar-refractivity contribution in [2.75, 3.05) is 17.2 Å².